The predicted molar refractivity (Wildman–Crippen MR) is 81.3 cm³/mol. The normalized spacial score (nSPS) is 25.9. The summed E-state index contributed by atoms with van der Waals surface area (Å²) in [4.78, 5) is 26.7. The van der Waals surface area contributed by atoms with Gasteiger partial charge in [-0.15, -0.1) is 0 Å². The molecule has 0 spiro atoms. The standard InChI is InChI=1S/C15H25ClN2O2/c1-6-11(5)12-15(20)18(8-10(4)7-16)13(9(2)3)14(19)17-12/h7,9,11-13H,6,8H2,1-5H3,(H,17,19). The van der Waals surface area contributed by atoms with Crippen molar-refractivity contribution in [1.29, 1.82) is 0 Å². The highest BCUT2D eigenvalue weighted by Gasteiger charge is 2.43. The van der Waals surface area contributed by atoms with Gasteiger partial charge in [0.25, 0.3) is 0 Å². The summed E-state index contributed by atoms with van der Waals surface area (Å²) in [6.07, 6.45) is 0.848. The van der Waals surface area contributed by atoms with Crippen LogP contribution in [0.4, 0.5) is 0 Å². The van der Waals surface area contributed by atoms with Gasteiger partial charge in [-0.3, -0.25) is 9.59 Å². The molecule has 0 aliphatic carbocycles. The zero-order valence-electron chi connectivity index (χ0n) is 12.9. The van der Waals surface area contributed by atoms with E-state index in [0.717, 1.165) is 12.0 Å². The lowest BCUT2D eigenvalue weighted by atomic mass is 9.90. The van der Waals surface area contributed by atoms with Crippen molar-refractivity contribution in [1.82, 2.24) is 10.2 Å². The molecule has 0 saturated carbocycles. The SMILES string of the molecule is CCC(C)C1NC(=O)C(C(C)C)N(CC(C)=CCl)C1=O. The number of carbonyl (C=O) groups excluding carboxylic acids is 2. The third-order valence-electron chi connectivity index (χ3n) is 3.90. The summed E-state index contributed by atoms with van der Waals surface area (Å²) in [5.41, 5.74) is 2.35. The number of hydrogen-bond donors (Lipinski definition) is 1. The average Bonchev–Trinajstić information content (AvgIpc) is 2.40. The molecule has 1 aliphatic rings. The van der Waals surface area contributed by atoms with Crippen LogP contribution < -0.4 is 5.32 Å². The second-order valence-electron chi connectivity index (χ2n) is 5.98. The van der Waals surface area contributed by atoms with Crippen molar-refractivity contribution in [3.8, 4) is 0 Å². The Labute approximate surface area is 126 Å². The van der Waals surface area contributed by atoms with E-state index in [1.165, 1.54) is 5.54 Å². The molecule has 1 N–H and O–H groups in total. The fraction of sp³-hybridized carbons (Fsp3) is 0.733. The Morgan fingerprint density at radius 2 is 2.00 bits per heavy atom. The van der Waals surface area contributed by atoms with Crippen molar-refractivity contribution in [3.63, 3.8) is 0 Å². The first kappa shape index (κ1) is 17.0. The lowest BCUT2D eigenvalue weighted by Gasteiger charge is -2.42. The second-order valence-corrected chi connectivity index (χ2v) is 6.20. The number of halogens is 1. The van der Waals surface area contributed by atoms with Gasteiger partial charge in [0.05, 0.1) is 0 Å². The molecule has 0 radical (unpaired) electrons. The van der Waals surface area contributed by atoms with Crippen LogP contribution in [-0.4, -0.2) is 35.3 Å². The molecule has 1 aliphatic heterocycles. The molecule has 3 unspecified atom stereocenters. The van der Waals surface area contributed by atoms with Crippen molar-refractivity contribution in [3.05, 3.63) is 11.1 Å². The summed E-state index contributed by atoms with van der Waals surface area (Å²) in [5.74, 6) is 0.130. The fourth-order valence-corrected chi connectivity index (χ4v) is 2.59. The van der Waals surface area contributed by atoms with Crippen LogP contribution in [0.2, 0.25) is 0 Å². The summed E-state index contributed by atoms with van der Waals surface area (Å²) >= 11 is 5.71. The Hall–Kier alpha value is -1.03. The Morgan fingerprint density at radius 1 is 1.40 bits per heavy atom. The smallest absolute Gasteiger partial charge is 0.246 e. The van der Waals surface area contributed by atoms with Gasteiger partial charge in [-0.05, 0) is 24.3 Å². The number of piperazine rings is 1. The molecule has 4 nitrogen and oxygen atoms in total. The Bertz CT molecular complexity index is 407. The topological polar surface area (TPSA) is 49.4 Å². The largest absolute Gasteiger partial charge is 0.342 e. The van der Waals surface area contributed by atoms with Crippen molar-refractivity contribution in [2.24, 2.45) is 11.8 Å². The van der Waals surface area contributed by atoms with E-state index in [0.29, 0.717) is 6.54 Å². The second kappa shape index (κ2) is 7.11. The van der Waals surface area contributed by atoms with E-state index in [9.17, 15) is 9.59 Å². The van der Waals surface area contributed by atoms with E-state index in [4.69, 9.17) is 11.6 Å². The Kier molecular flexibility index (Phi) is 6.06. The average molecular weight is 301 g/mol. The van der Waals surface area contributed by atoms with Crippen molar-refractivity contribution in [2.45, 2.75) is 53.1 Å². The van der Waals surface area contributed by atoms with Crippen LogP contribution in [0.15, 0.2) is 11.1 Å². The van der Waals surface area contributed by atoms with Gasteiger partial charge in [0.15, 0.2) is 0 Å². The molecular weight excluding hydrogens is 276 g/mol. The summed E-state index contributed by atoms with van der Waals surface area (Å²) in [6, 6.07) is -0.847. The van der Waals surface area contributed by atoms with Gasteiger partial charge in [0, 0.05) is 12.1 Å². The lowest BCUT2D eigenvalue weighted by molar-refractivity contribution is -0.152. The minimum Gasteiger partial charge on any atom is -0.342 e. The van der Waals surface area contributed by atoms with Crippen LogP contribution >= 0.6 is 11.6 Å². The van der Waals surface area contributed by atoms with Gasteiger partial charge >= 0.3 is 0 Å². The summed E-state index contributed by atoms with van der Waals surface area (Å²) in [6.45, 7) is 10.2. The maximum absolute atomic E-state index is 12.7. The molecule has 0 aromatic heterocycles. The third kappa shape index (κ3) is 3.54. The number of amides is 2. The minimum absolute atomic E-state index is 0.00415. The number of hydrogen-bond acceptors (Lipinski definition) is 2. The maximum Gasteiger partial charge on any atom is 0.246 e. The highest BCUT2D eigenvalue weighted by Crippen LogP contribution is 2.23. The molecule has 20 heavy (non-hydrogen) atoms. The van der Waals surface area contributed by atoms with Gasteiger partial charge in [0.2, 0.25) is 11.8 Å². The Morgan fingerprint density at radius 3 is 2.45 bits per heavy atom. The summed E-state index contributed by atoms with van der Waals surface area (Å²) in [7, 11) is 0. The van der Waals surface area contributed by atoms with Crippen molar-refractivity contribution >= 4 is 23.4 Å². The number of rotatable bonds is 5. The molecular formula is C15H25ClN2O2. The molecule has 0 bridgehead atoms. The summed E-state index contributed by atoms with van der Waals surface area (Å²) < 4.78 is 0. The molecule has 1 rings (SSSR count). The van der Waals surface area contributed by atoms with E-state index >= 15 is 0 Å². The van der Waals surface area contributed by atoms with Crippen LogP contribution in [0, 0.1) is 11.8 Å². The van der Waals surface area contributed by atoms with E-state index in [-0.39, 0.29) is 23.7 Å². The first-order valence-electron chi connectivity index (χ1n) is 7.20. The highest BCUT2D eigenvalue weighted by molar-refractivity contribution is 6.25. The first-order chi connectivity index (χ1) is 9.33. The minimum atomic E-state index is -0.425. The highest BCUT2D eigenvalue weighted by atomic mass is 35.5. The predicted octanol–water partition coefficient (Wildman–Crippen LogP) is 2.53. The van der Waals surface area contributed by atoms with E-state index < -0.39 is 12.1 Å². The maximum atomic E-state index is 12.7. The van der Waals surface area contributed by atoms with Crippen LogP contribution in [-0.2, 0) is 9.59 Å². The molecule has 2 amide bonds. The number of nitrogens with zero attached hydrogens (tertiary/aromatic N) is 1. The molecule has 3 atom stereocenters. The van der Waals surface area contributed by atoms with Gasteiger partial charge in [0.1, 0.15) is 12.1 Å². The van der Waals surface area contributed by atoms with Crippen LogP contribution in [0.1, 0.15) is 41.0 Å². The quantitative estimate of drug-likeness (QED) is 0.848. The van der Waals surface area contributed by atoms with Gasteiger partial charge < -0.3 is 10.2 Å². The zero-order valence-corrected chi connectivity index (χ0v) is 13.7. The fourth-order valence-electron chi connectivity index (χ4n) is 2.52. The third-order valence-corrected chi connectivity index (χ3v) is 4.27. The van der Waals surface area contributed by atoms with Gasteiger partial charge in [-0.1, -0.05) is 45.7 Å². The van der Waals surface area contributed by atoms with Gasteiger partial charge in [-0.25, -0.2) is 0 Å². The van der Waals surface area contributed by atoms with Crippen LogP contribution in [0.25, 0.3) is 0 Å². The lowest BCUT2D eigenvalue weighted by Crippen LogP contribution is -2.66. The molecule has 1 saturated heterocycles. The summed E-state index contributed by atoms with van der Waals surface area (Å²) in [5, 5.41) is 2.89. The number of carbonyl (C=O) groups is 2. The van der Waals surface area contributed by atoms with Crippen molar-refractivity contribution in [2.75, 3.05) is 6.54 Å². The molecule has 1 fully saturated rings. The van der Waals surface area contributed by atoms with E-state index in [1.54, 1.807) is 4.90 Å². The first-order valence-corrected chi connectivity index (χ1v) is 7.63. The number of nitrogens with one attached hydrogen (secondary N) is 1. The zero-order chi connectivity index (χ0) is 15.4. The van der Waals surface area contributed by atoms with Crippen molar-refractivity contribution < 1.29 is 9.59 Å². The van der Waals surface area contributed by atoms with E-state index in [2.05, 4.69) is 5.32 Å². The van der Waals surface area contributed by atoms with Crippen LogP contribution in [0.5, 0.6) is 0 Å². The molecule has 114 valence electrons. The molecule has 0 aromatic carbocycles. The van der Waals surface area contributed by atoms with Gasteiger partial charge in [-0.2, -0.15) is 0 Å². The molecule has 0 aromatic rings. The molecule has 5 heteroatoms. The van der Waals surface area contributed by atoms with E-state index in [1.807, 2.05) is 34.6 Å². The van der Waals surface area contributed by atoms with Crippen LogP contribution in [0.3, 0.4) is 0 Å². The Balaban J connectivity index is 3.07. The monoisotopic (exact) mass is 300 g/mol. The molecule has 1 heterocycles.